The first-order chi connectivity index (χ1) is 13.9. The van der Waals surface area contributed by atoms with Crippen LogP contribution >= 0.6 is 27.3 Å². The Morgan fingerprint density at radius 3 is 2.38 bits per heavy atom. The number of carbonyl (C=O) groups is 4. The highest BCUT2D eigenvalue weighted by Crippen LogP contribution is 2.23. The van der Waals surface area contributed by atoms with Gasteiger partial charge in [0, 0.05) is 35.3 Å². The van der Waals surface area contributed by atoms with Crippen molar-refractivity contribution in [2.24, 2.45) is 0 Å². The van der Waals surface area contributed by atoms with Gasteiger partial charge in [-0.15, -0.1) is 11.3 Å². The molecule has 1 saturated heterocycles. The van der Waals surface area contributed by atoms with Gasteiger partial charge in [0.05, 0.1) is 10.3 Å². The molecule has 8 nitrogen and oxygen atoms in total. The Balaban J connectivity index is 1.46. The van der Waals surface area contributed by atoms with Gasteiger partial charge in [-0.05, 0) is 58.4 Å². The fourth-order valence-electron chi connectivity index (χ4n) is 2.51. The van der Waals surface area contributed by atoms with Crippen LogP contribution in [0.25, 0.3) is 6.08 Å². The summed E-state index contributed by atoms with van der Waals surface area (Å²) in [5.41, 5.74) is 1.13. The second kappa shape index (κ2) is 9.48. The minimum Gasteiger partial charge on any atom is -0.329 e. The number of carbonyl (C=O) groups excluding carboxylic acids is 4. The molecular formula is C19H17BrN4O4S. The van der Waals surface area contributed by atoms with E-state index in [-0.39, 0.29) is 37.2 Å². The highest BCUT2D eigenvalue weighted by atomic mass is 79.9. The number of hydrogen-bond donors (Lipinski definition) is 3. The molecule has 0 aliphatic carbocycles. The highest BCUT2D eigenvalue weighted by Gasteiger charge is 2.28. The summed E-state index contributed by atoms with van der Waals surface area (Å²) in [6, 6.07) is 9.97. The van der Waals surface area contributed by atoms with Crippen LogP contribution in [-0.4, -0.2) is 41.7 Å². The van der Waals surface area contributed by atoms with Crippen LogP contribution in [-0.2, 0) is 14.4 Å². The van der Waals surface area contributed by atoms with Crippen LogP contribution in [0.4, 0.5) is 16.2 Å². The number of urea groups is 1. The molecule has 1 aliphatic heterocycles. The van der Waals surface area contributed by atoms with Crippen molar-refractivity contribution in [2.45, 2.75) is 6.42 Å². The van der Waals surface area contributed by atoms with E-state index in [9.17, 15) is 19.2 Å². The van der Waals surface area contributed by atoms with Gasteiger partial charge in [-0.1, -0.05) is 0 Å². The predicted octanol–water partition coefficient (Wildman–Crippen LogP) is 3.04. The average Bonchev–Trinajstić information content (AvgIpc) is 3.25. The summed E-state index contributed by atoms with van der Waals surface area (Å²) in [5, 5.41) is 7.82. The van der Waals surface area contributed by atoms with E-state index in [1.54, 1.807) is 30.3 Å². The van der Waals surface area contributed by atoms with E-state index >= 15 is 0 Å². The number of benzene rings is 1. The molecule has 1 aromatic heterocycles. The van der Waals surface area contributed by atoms with E-state index in [2.05, 4.69) is 31.9 Å². The molecule has 0 unspecified atom stereocenters. The van der Waals surface area contributed by atoms with E-state index in [0.717, 1.165) is 13.6 Å². The maximum atomic E-state index is 12.0. The predicted molar refractivity (Wildman–Crippen MR) is 114 cm³/mol. The molecule has 1 aliphatic rings. The molecule has 1 fully saturated rings. The molecule has 10 heteroatoms. The van der Waals surface area contributed by atoms with Crippen molar-refractivity contribution in [3.63, 3.8) is 0 Å². The van der Waals surface area contributed by atoms with E-state index in [4.69, 9.17) is 0 Å². The third-order valence-corrected chi connectivity index (χ3v) is 5.52. The molecule has 0 radical (unpaired) electrons. The Morgan fingerprint density at radius 1 is 1.10 bits per heavy atom. The molecule has 0 atom stereocenters. The second-order valence-electron chi connectivity index (χ2n) is 6.04. The fourth-order valence-corrected chi connectivity index (χ4v) is 3.84. The van der Waals surface area contributed by atoms with Gasteiger partial charge in [-0.3, -0.25) is 19.3 Å². The molecule has 5 amide bonds. The van der Waals surface area contributed by atoms with Gasteiger partial charge in [0.15, 0.2) is 0 Å². The summed E-state index contributed by atoms with van der Waals surface area (Å²) in [6.07, 6.45) is 3.18. The third-order valence-electron chi connectivity index (χ3n) is 3.93. The minimum absolute atomic E-state index is 0.00127. The Hall–Kier alpha value is -2.98. The van der Waals surface area contributed by atoms with Crippen LogP contribution in [0, 0.1) is 0 Å². The first kappa shape index (κ1) is 20.7. The largest absolute Gasteiger partial charge is 0.329 e. The van der Waals surface area contributed by atoms with Gasteiger partial charge < -0.3 is 16.0 Å². The lowest BCUT2D eigenvalue weighted by Gasteiger charge is -2.12. The molecule has 0 bridgehead atoms. The molecule has 1 aromatic carbocycles. The minimum atomic E-state index is -0.483. The van der Waals surface area contributed by atoms with Gasteiger partial charge in [-0.25, -0.2) is 4.79 Å². The molecule has 29 heavy (non-hydrogen) atoms. The van der Waals surface area contributed by atoms with Crippen molar-refractivity contribution >= 4 is 68.5 Å². The topological polar surface area (TPSA) is 108 Å². The normalized spacial score (nSPS) is 13.6. The van der Waals surface area contributed by atoms with Crippen LogP contribution in [0.15, 0.2) is 46.3 Å². The summed E-state index contributed by atoms with van der Waals surface area (Å²) in [7, 11) is 0. The first-order valence-corrected chi connectivity index (χ1v) is 10.2. The zero-order chi connectivity index (χ0) is 20.8. The van der Waals surface area contributed by atoms with Gasteiger partial charge in [0.2, 0.25) is 17.7 Å². The molecular weight excluding hydrogens is 460 g/mol. The summed E-state index contributed by atoms with van der Waals surface area (Å²) < 4.78 is 0.991. The lowest BCUT2D eigenvalue weighted by atomic mass is 10.2. The lowest BCUT2D eigenvalue weighted by molar-refractivity contribution is -0.125. The second-order valence-corrected chi connectivity index (χ2v) is 8.54. The van der Waals surface area contributed by atoms with Gasteiger partial charge in [0.1, 0.15) is 0 Å². The molecule has 2 heterocycles. The Bertz CT molecular complexity index is 955. The van der Waals surface area contributed by atoms with E-state index < -0.39 is 6.03 Å². The van der Waals surface area contributed by atoms with Crippen molar-refractivity contribution in [3.05, 3.63) is 51.1 Å². The van der Waals surface area contributed by atoms with Gasteiger partial charge in [0.25, 0.3) is 0 Å². The van der Waals surface area contributed by atoms with Crippen LogP contribution in [0.3, 0.4) is 0 Å². The fraction of sp³-hybridized carbons (Fsp3) is 0.158. The molecule has 150 valence electrons. The summed E-state index contributed by atoms with van der Waals surface area (Å²) in [5.74, 6) is -0.928. The van der Waals surface area contributed by atoms with Gasteiger partial charge >= 0.3 is 6.03 Å². The SMILES string of the molecule is O=C(/C=C/c1ccc(Br)s1)Nc1ccc(NC(=O)CCN2C(=O)CNC2=O)cc1. The maximum absolute atomic E-state index is 12.0. The van der Waals surface area contributed by atoms with Gasteiger partial charge in [-0.2, -0.15) is 0 Å². The quantitative estimate of drug-likeness (QED) is 0.421. The molecule has 3 N–H and O–H groups in total. The number of amides is 5. The molecule has 3 rings (SSSR count). The molecule has 2 aromatic rings. The summed E-state index contributed by atoms with van der Waals surface area (Å²) >= 11 is 4.89. The van der Waals surface area contributed by atoms with Crippen molar-refractivity contribution in [1.82, 2.24) is 10.2 Å². The number of hydrogen-bond acceptors (Lipinski definition) is 5. The summed E-state index contributed by atoms with van der Waals surface area (Å²) in [4.78, 5) is 48.9. The number of thiophene rings is 1. The zero-order valence-electron chi connectivity index (χ0n) is 15.1. The number of anilines is 2. The van der Waals surface area contributed by atoms with Crippen LogP contribution in [0.5, 0.6) is 0 Å². The number of imide groups is 1. The Labute approximate surface area is 179 Å². The molecule has 0 spiro atoms. The van der Waals surface area contributed by atoms with Crippen molar-refractivity contribution < 1.29 is 19.2 Å². The van der Waals surface area contributed by atoms with Crippen LogP contribution in [0.2, 0.25) is 0 Å². The van der Waals surface area contributed by atoms with Crippen LogP contribution in [0.1, 0.15) is 11.3 Å². The van der Waals surface area contributed by atoms with Crippen LogP contribution < -0.4 is 16.0 Å². The monoisotopic (exact) mass is 476 g/mol. The number of nitrogens with one attached hydrogen (secondary N) is 3. The number of halogens is 1. The standard InChI is InChI=1S/C19H17BrN4O4S/c20-15-7-5-14(29-15)6-8-16(25)22-12-1-3-13(4-2-12)23-17(26)9-10-24-18(27)11-21-19(24)28/h1-8H,9-11H2,(H,21,28)(H,22,25)(H,23,26)/b8-6+. The molecule has 0 saturated carbocycles. The Kier molecular flexibility index (Phi) is 6.78. The van der Waals surface area contributed by atoms with Crippen molar-refractivity contribution in [3.8, 4) is 0 Å². The van der Waals surface area contributed by atoms with E-state index in [0.29, 0.717) is 11.4 Å². The lowest BCUT2D eigenvalue weighted by Crippen LogP contribution is -2.33. The zero-order valence-corrected chi connectivity index (χ0v) is 17.5. The summed E-state index contributed by atoms with van der Waals surface area (Å²) in [6.45, 7) is -0.00845. The maximum Gasteiger partial charge on any atom is 0.324 e. The highest BCUT2D eigenvalue weighted by molar-refractivity contribution is 9.11. The number of rotatable bonds is 7. The Morgan fingerprint density at radius 2 is 1.79 bits per heavy atom. The number of nitrogens with zero attached hydrogens (tertiary/aromatic N) is 1. The van der Waals surface area contributed by atoms with E-state index in [1.165, 1.54) is 17.4 Å². The first-order valence-electron chi connectivity index (χ1n) is 8.63. The van der Waals surface area contributed by atoms with E-state index in [1.807, 2.05) is 12.1 Å². The van der Waals surface area contributed by atoms with Crippen molar-refractivity contribution in [1.29, 1.82) is 0 Å². The smallest absolute Gasteiger partial charge is 0.324 e. The third kappa shape index (κ3) is 6.00. The van der Waals surface area contributed by atoms with Crippen molar-refractivity contribution in [2.75, 3.05) is 23.7 Å². The average molecular weight is 477 g/mol.